The summed E-state index contributed by atoms with van der Waals surface area (Å²) in [6.07, 6.45) is 2.74. The highest BCUT2D eigenvalue weighted by atomic mass is 32.2. The van der Waals surface area contributed by atoms with Gasteiger partial charge in [-0.1, -0.05) is 20.3 Å². The summed E-state index contributed by atoms with van der Waals surface area (Å²) in [5, 5.41) is 0. The predicted octanol–water partition coefficient (Wildman–Crippen LogP) is 2.92. The molecule has 118 valence electrons. The standard InChI is InChI=1S/C15H23FN2O2S/c1-4-15(3)5-7-18(8-6-15)21(19,20)14-10-13(17)12(16)9-11(14)2/h9-10H,4-8,17H2,1-3H3. The lowest BCUT2D eigenvalue weighted by Gasteiger charge is -2.38. The third kappa shape index (κ3) is 3.06. The molecular weight excluding hydrogens is 291 g/mol. The summed E-state index contributed by atoms with van der Waals surface area (Å²) in [7, 11) is -3.60. The van der Waals surface area contributed by atoms with Crippen LogP contribution >= 0.6 is 0 Å². The SMILES string of the molecule is CCC1(C)CCN(S(=O)(=O)c2cc(N)c(F)cc2C)CC1. The highest BCUT2D eigenvalue weighted by Crippen LogP contribution is 2.36. The molecule has 0 amide bonds. The van der Waals surface area contributed by atoms with Gasteiger partial charge in [0, 0.05) is 13.1 Å². The van der Waals surface area contributed by atoms with E-state index in [1.807, 2.05) is 0 Å². The van der Waals surface area contributed by atoms with Crippen LogP contribution in [0.5, 0.6) is 0 Å². The molecule has 1 fully saturated rings. The van der Waals surface area contributed by atoms with E-state index in [-0.39, 0.29) is 16.0 Å². The smallest absolute Gasteiger partial charge is 0.243 e. The quantitative estimate of drug-likeness (QED) is 0.873. The largest absolute Gasteiger partial charge is 0.396 e. The summed E-state index contributed by atoms with van der Waals surface area (Å²) in [6, 6.07) is 2.41. The molecule has 0 saturated carbocycles. The van der Waals surface area contributed by atoms with Crippen molar-refractivity contribution in [2.45, 2.75) is 44.9 Å². The van der Waals surface area contributed by atoms with Crippen molar-refractivity contribution < 1.29 is 12.8 Å². The van der Waals surface area contributed by atoms with Gasteiger partial charge < -0.3 is 5.73 Å². The highest BCUT2D eigenvalue weighted by molar-refractivity contribution is 7.89. The zero-order valence-electron chi connectivity index (χ0n) is 12.8. The van der Waals surface area contributed by atoms with Crippen LogP contribution in [0.1, 0.15) is 38.7 Å². The zero-order chi connectivity index (χ0) is 15.8. The molecule has 1 aliphatic rings. The van der Waals surface area contributed by atoms with Crippen molar-refractivity contribution in [1.29, 1.82) is 0 Å². The number of anilines is 1. The van der Waals surface area contributed by atoms with E-state index in [2.05, 4.69) is 13.8 Å². The van der Waals surface area contributed by atoms with Gasteiger partial charge in [0.1, 0.15) is 5.82 Å². The number of halogens is 1. The molecule has 2 N–H and O–H groups in total. The van der Waals surface area contributed by atoms with Gasteiger partial charge in [-0.25, -0.2) is 12.8 Å². The number of rotatable bonds is 3. The molecule has 1 aliphatic heterocycles. The van der Waals surface area contributed by atoms with E-state index < -0.39 is 15.8 Å². The Bertz CT molecular complexity index is 635. The van der Waals surface area contributed by atoms with Gasteiger partial charge in [-0.05, 0) is 42.9 Å². The highest BCUT2D eigenvalue weighted by Gasteiger charge is 2.35. The first-order chi connectivity index (χ1) is 9.69. The number of hydrogen-bond donors (Lipinski definition) is 1. The van der Waals surface area contributed by atoms with Gasteiger partial charge in [0.25, 0.3) is 0 Å². The van der Waals surface area contributed by atoms with E-state index in [1.165, 1.54) is 16.4 Å². The summed E-state index contributed by atoms with van der Waals surface area (Å²) in [4.78, 5) is 0.113. The molecule has 1 aromatic rings. The number of nitrogens with zero attached hydrogens (tertiary/aromatic N) is 1. The lowest BCUT2D eigenvalue weighted by molar-refractivity contribution is 0.169. The second kappa shape index (κ2) is 5.57. The Morgan fingerprint density at radius 2 is 1.90 bits per heavy atom. The Morgan fingerprint density at radius 1 is 1.33 bits per heavy atom. The predicted molar refractivity (Wildman–Crippen MR) is 81.9 cm³/mol. The second-order valence-electron chi connectivity index (χ2n) is 6.21. The molecule has 0 radical (unpaired) electrons. The number of aryl methyl sites for hydroxylation is 1. The van der Waals surface area contributed by atoms with Crippen LogP contribution in [0.2, 0.25) is 0 Å². The third-order valence-electron chi connectivity index (χ3n) is 4.70. The fourth-order valence-corrected chi connectivity index (χ4v) is 4.39. The molecule has 0 bridgehead atoms. The molecule has 1 aromatic carbocycles. The minimum atomic E-state index is -3.60. The Hall–Kier alpha value is -1.14. The van der Waals surface area contributed by atoms with Crippen LogP contribution in [-0.2, 0) is 10.0 Å². The first-order valence-electron chi connectivity index (χ1n) is 7.25. The molecule has 21 heavy (non-hydrogen) atoms. The van der Waals surface area contributed by atoms with Crippen LogP contribution in [0.25, 0.3) is 0 Å². The zero-order valence-corrected chi connectivity index (χ0v) is 13.6. The van der Waals surface area contributed by atoms with Crippen LogP contribution in [0.15, 0.2) is 17.0 Å². The van der Waals surface area contributed by atoms with Crippen LogP contribution in [0, 0.1) is 18.2 Å². The van der Waals surface area contributed by atoms with E-state index in [9.17, 15) is 12.8 Å². The Kier molecular flexibility index (Phi) is 4.31. The maximum absolute atomic E-state index is 13.4. The molecule has 6 heteroatoms. The molecule has 1 saturated heterocycles. The molecule has 0 atom stereocenters. The topological polar surface area (TPSA) is 63.4 Å². The minimum absolute atomic E-state index is 0.113. The molecular formula is C15H23FN2O2S. The van der Waals surface area contributed by atoms with E-state index in [4.69, 9.17) is 5.73 Å². The van der Waals surface area contributed by atoms with E-state index >= 15 is 0 Å². The fourth-order valence-electron chi connectivity index (χ4n) is 2.71. The molecule has 0 aliphatic carbocycles. The number of nitrogen functional groups attached to an aromatic ring is 1. The van der Waals surface area contributed by atoms with Gasteiger partial charge in [0.2, 0.25) is 10.0 Å². The Morgan fingerprint density at radius 3 is 2.43 bits per heavy atom. The van der Waals surface area contributed by atoms with Crippen LogP contribution in [0.3, 0.4) is 0 Å². The number of sulfonamides is 1. The normalized spacial score (nSPS) is 19.6. The van der Waals surface area contributed by atoms with Crippen molar-refractivity contribution in [3.63, 3.8) is 0 Å². The van der Waals surface area contributed by atoms with Crippen LogP contribution in [0.4, 0.5) is 10.1 Å². The van der Waals surface area contributed by atoms with E-state index in [0.29, 0.717) is 18.7 Å². The third-order valence-corrected chi connectivity index (χ3v) is 6.74. The monoisotopic (exact) mass is 314 g/mol. The van der Waals surface area contributed by atoms with Crippen molar-refractivity contribution in [2.24, 2.45) is 5.41 Å². The molecule has 1 heterocycles. The number of piperidine rings is 1. The first kappa shape index (κ1) is 16.2. The van der Waals surface area contributed by atoms with Gasteiger partial charge in [0.05, 0.1) is 10.6 Å². The number of hydrogen-bond acceptors (Lipinski definition) is 3. The van der Waals surface area contributed by atoms with Gasteiger partial charge in [-0.15, -0.1) is 0 Å². The molecule has 4 nitrogen and oxygen atoms in total. The number of benzene rings is 1. The fraction of sp³-hybridized carbons (Fsp3) is 0.600. The summed E-state index contributed by atoms with van der Waals surface area (Å²) in [5.74, 6) is -0.580. The lowest BCUT2D eigenvalue weighted by Crippen LogP contribution is -2.42. The van der Waals surface area contributed by atoms with Crippen molar-refractivity contribution in [3.05, 3.63) is 23.5 Å². The van der Waals surface area contributed by atoms with Crippen molar-refractivity contribution in [2.75, 3.05) is 18.8 Å². The lowest BCUT2D eigenvalue weighted by atomic mass is 9.79. The van der Waals surface area contributed by atoms with Gasteiger partial charge in [-0.2, -0.15) is 4.31 Å². The van der Waals surface area contributed by atoms with Crippen LogP contribution < -0.4 is 5.73 Å². The van der Waals surface area contributed by atoms with Gasteiger partial charge in [-0.3, -0.25) is 0 Å². The average Bonchev–Trinajstić information content (AvgIpc) is 2.43. The molecule has 2 rings (SSSR count). The summed E-state index contributed by atoms with van der Waals surface area (Å²) in [5.41, 5.74) is 6.00. The van der Waals surface area contributed by atoms with Gasteiger partial charge in [0.15, 0.2) is 0 Å². The first-order valence-corrected chi connectivity index (χ1v) is 8.69. The summed E-state index contributed by atoms with van der Waals surface area (Å²) in [6.45, 7) is 6.93. The number of nitrogens with two attached hydrogens (primary N) is 1. The molecule has 0 unspecified atom stereocenters. The van der Waals surface area contributed by atoms with E-state index in [0.717, 1.165) is 19.3 Å². The summed E-state index contributed by atoms with van der Waals surface area (Å²) < 4.78 is 40.3. The summed E-state index contributed by atoms with van der Waals surface area (Å²) >= 11 is 0. The Labute approximate surface area is 126 Å². The van der Waals surface area contributed by atoms with Crippen LogP contribution in [-0.4, -0.2) is 25.8 Å². The average molecular weight is 314 g/mol. The second-order valence-corrected chi connectivity index (χ2v) is 8.11. The maximum atomic E-state index is 13.4. The van der Waals surface area contributed by atoms with Crippen molar-refractivity contribution in [1.82, 2.24) is 4.31 Å². The molecule has 0 spiro atoms. The molecule has 0 aromatic heterocycles. The van der Waals surface area contributed by atoms with Crippen molar-refractivity contribution >= 4 is 15.7 Å². The Balaban J connectivity index is 2.30. The van der Waals surface area contributed by atoms with Crippen molar-refractivity contribution in [3.8, 4) is 0 Å². The van der Waals surface area contributed by atoms with E-state index in [1.54, 1.807) is 6.92 Å². The maximum Gasteiger partial charge on any atom is 0.243 e. The van der Waals surface area contributed by atoms with Gasteiger partial charge >= 0.3 is 0 Å². The minimum Gasteiger partial charge on any atom is -0.396 e.